The number of hydrogen-bond acceptors (Lipinski definition) is 5. The Kier molecular flexibility index (Phi) is 3.31. The molecule has 6 heteroatoms. The molecule has 0 radical (unpaired) electrons. The summed E-state index contributed by atoms with van der Waals surface area (Å²) in [5, 5.41) is 12.8. The molecule has 1 saturated carbocycles. The van der Waals surface area contributed by atoms with Crippen LogP contribution in [0.3, 0.4) is 0 Å². The maximum absolute atomic E-state index is 10.9. The van der Waals surface area contributed by atoms with Gasteiger partial charge in [-0.2, -0.15) is 4.98 Å². The topological polar surface area (TPSA) is 79.5 Å². The molecule has 1 aromatic heterocycles. The lowest BCUT2D eigenvalue weighted by atomic mass is 10.1. The van der Waals surface area contributed by atoms with E-state index in [1.165, 1.54) is 0 Å². The lowest BCUT2D eigenvalue weighted by molar-refractivity contribution is -0.141. The average molecular weight is 239 g/mol. The van der Waals surface area contributed by atoms with Gasteiger partial charge in [0.2, 0.25) is 5.89 Å². The van der Waals surface area contributed by atoms with Gasteiger partial charge in [-0.05, 0) is 31.3 Å². The Morgan fingerprint density at radius 3 is 2.94 bits per heavy atom. The molecular formula is C11H17N3O3. The highest BCUT2D eigenvalue weighted by Crippen LogP contribution is 2.37. The third-order valence-corrected chi connectivity index (χ3v) is 3.38. The molecular weight excluding hydrogens is 222 g/mol. The largest absolute Gasteiger partial charge is 0.481 e. The van der Waals surface area contributed by atoms with Crippen molar-refractivity contribution in [2.24, 2.45) is 5.92 Å². The summed E-state index contributed by atoms with van der Waals surface area (Å²) in [5.74, 6) is 0.255. The van der Waals surface area contributed by atoms with Crippen molar-refractivity contribution in [1.29, 1.82) is 0 Å². The number of carboxylic acids is 1. The van der Waals surface area contributed by atoms with Gasteiger partial charge in [0.1, 0.15) is 0 Å². The van der Waals surface area contributed by atoms with E-state index < -0.39 is 5.97 Å². The van der Waals surface area contributed by atoms with Gasteiger partial charge in [0, 0.05) is 19.5 Å². The van der Waals surface area contributed by atoms with E-state index in [1.54, 1.807) is 0 Å². The first-order chi connectivity index (χ1) is 8.11. The molecule has 1 heterocycles. The minimum absolute atomic E-state index is 0.0996. The van der Waals surface area contributed by atoms with Crippen LogP contribution in [-0.2, 0) is 4.79 Å². The number of aliphatic carboxylic acids is 1. The lowest BCUT2D eigenvalue weighted by Crippen LogP contribution is -2.17. The monoisotopic (exact) mass is 239 g/mol. The Balaban J connectivity index is 2.04. The second kappa shape index (κ2) is 4.73. The van der Waals surface area contributed by atoms with E-state index in [2.05, 4.69) is 10.1 Å². The number of carboxylic acid groups (broad SMARTS) is 1. The third kappa shape index (κ3) is 2.40. The maximum atomic E-state index is 10.9. The van der Waals surface area contributed by atoms with Gasteiger partial charge in [0.05, 0.1) is 5.92 Å². The highest BCUT2D eigenvalue weighted by molar-refractivity contribution is 5.70. The summed E-state index contributed by atoms with van der Waals surface area (Å²) >= 11 is 0. The van der Waals surface area contributed by atoms with Crippen LogP contribution in [0.4, 0.5) is 5.95 Å². The van der Waals surface area contributed by atoms with Crippen molar-refractivity contribution in [2.45, 2.75) is 32.1 Å². The zero-order valence-electron chi connectivity index (χ0n) is 10.1. The number of aromatic nitrogens is 2. The fourth-order valence-corrected chi connectivity index (χ4v) is 2.12. The summed E-state index contributed by atoms with van der Waals surface area (Å²) in [5.41, 5.74) is 0. The van der Waals surface area contributed by atoms with E-state index in [1.807, 2.05) is 18.9 Å². The van der Waals surface area contributed by atoms with Crippen molar-refractivity contribution in [1.82, 2.24) is 10.1 Å². The fraction of sp³-hybridized carbons (Fsp3) is 0.727. The molecule has 6 nitrogen and oxygen atoms in total. The molecule has 2 rings (SSSR count). The van der Waals surface area contributed by atoms with Crippen molar-refractivity contribution >= 4 is 11.9 Å². The number of rotatable bonds is 4. The Hall–Kier alpha value is -1.59. The summed E-state index contributed by atoms with van der Waals surface area (Å²) < 4.78 is 5.20. The van der Waals surface area contributed by atoms with Gasteiger partial charge in [0.25, 0.3) is 5.95 Å². The predicted molar refractivity (Wildman–Crippen MR) is 61.0 cm³/mol. The zero-order valence-corrected chi connectivity index (χ0v) is 10.1. The first-order valence-electron chi connectivity index (χ1n) is 5.89. The van der Waals surface area contributed by atoms with Crippen molar-refractivity contribution in [3.05, 3.63) is 5.89 Å². The smallest absolute Gasteiger partial charge is 0.306 e. The first kappa shape index (κ1) is 11.9. The van der Waals surface area contributed by atoms with Crippen LogP contribution < -0.4 is 4.90 Å². The molecule has 1 aliphatic carbocycles. The van der Waals surface area contributed by atoms with Gasteiger partial charge >= 0.3 is 5.97 Å². The van der Waals surface area contributed by atoms with Crippen LogP contribution in [0.2, 0.25) is 0 Å². The Bertz CT molecular complexity index is 404. The molecule has 0 spiro atoms. The summed E-state index contributed by atoms with van der Waals surface area (Å²) in [6.07, 6.45) is 2.11. The van der Waals surface area contributed by atoms with Crippen LogP contribution in [0.1, 0.15) is 38.0 Å². The van der Waals surface area contributed by atoms with Gasteiger partial charge in [-0.1, -0.05) is 0 Å². The molecule has 94 valence electrons. The van der Waals surface area contributed by atoms with Crippen LogP contribution in [0.25, 0.3) is 0 Å². The lowest BCUT2D eigenvalue weighted by Gasteiger charge is -2.09. The molecule has 17 heavy (non-hydrogen) atoms. The fourth-order valence-electron chi connectivity index (χ4n) is 2.12. The molecule has 1 aliphatic rings. The standard InChI is InChI=1S/C11H17N3O3/c1-3-14(2)11-12-9(17-13-11)7-4-5-8(6-7)10(15)16/h7-8H,3-6H2,1-2H3,(H,15,16). The molecule has 0 bridgehead atoms. The summed E-state index contributed by atoms with van der Waals surface area (Å²) in [7, 11) is 1.89. The minimum atomic E-state index is -0.724. The first-order valence-corrected chi connectivity index (χ1v) is 5.89. The van der Waals surface area contributed by atoms with Gasteiger partial charge < -0.3 is 14.5 Å². The van der Waals surface area contributed by atoms with E-state index in [9.17, 15) is 4.79 Å². The van der Waals surface area contributed by atoms with Gasteiger partial charge in [-0.25, -0.2) is 0 Å². The van der Waals surface area contributed by atoms with Crippen molar-refractivity contribution < 1.29 is 14.4 Å². The van der Waals surface area contributed by atoms with Crippen molar-refractivity contribution in [2.75, 3.05) is 18.5 Å². The predicted octanol–water partition coefficient (Wildman–Crippen LogP) is 1.49. The quantitative estimate of drug-likeness (QED) is 0.857. The SMILES string of the molecule is CCN(C)c1noc(C2CCC(C(=O)O)C2)n1. The highest BCUT2D eigenvalue weighted by Gasteiger charge is 2.33. The van der Waals surface area contributed by atoms with Crippen LogP contribution in [-0.4, -0.2) is 34.8 Å². The summed E-state index contributed by atoms with van der Waals surface area (Å²) in [4.78, 5) is 17.1. The number of hydrogen-bond donors (Lipinski definition) is 1. The highest BCUT2D eigenvalue weighted by atomic mass is 16.5. The molecule has 1 fully saturated rings. The molecule has 0 amide bonds. The number of nitrogens with zero attached hydrogens (tertiary/aromatic N) is 3. The summed E-state index contributed by atoms with van der Waals surface area (Å²) in [6.45, 7) is 2.81. The van der Waals surface area contributed by atoms with Crippen LogP contribution in [0.15, 0.2) is 4.52 Å². The molecule has 0 aliphatic heterocycles. The van der Waals surface area contributed by atoms with Crippen LogP contribution in [0.5, 0.6) is 0 Å². The Morgan fingerprint density at radius 1 is 1.59 bits per heavy atom. The van der Waals surface area contributed by atoms with Crippen molar-refractivity contribution in [3.8, 4) is 0 Å². The summed E-state index contributed by atoms with van der Waals surface area (Å²) in [6, 6.07) is 0. The van der Waals surface area contributed by atoms with Crippen molar-refractivity contribution in [3.63, 3.8) is 0 Å². The maximum Gasteiger partial charge on any atom is 0.306 e. The van der Waals surface area contributed by atoms with Gasteiger partial charge in [-0.3, -0.25) is 4.79 Å². The van der Waals surface area contributed by atoms with E-state index in [0.29, 0.717) is 24.7 Å². The minimum Gasteiger partial charge on any atom is -0.481 e. The second-order valence-corrected chi connectivity index (χ2v) is 4.49. The number of carbonyl (C=O) groups is 1. The van der Waals surface area contributed by atoms with E-state index in [4.69, 9.17) is 9.63 Å². The zero-order chi connectivity index (χ0) is 12.4. The van der Waals surface area contributed by atoms with E-state index in [0.717, 1.165) is 13.0 Å². The molecule has 2 unspecified atom stereocenters. The molecule has 1 aromatic rings. The normalized spacial score (nSPS) is 23.9. The van der Waals surface area contributed by atoms with Crippen LogP contribution in [0, 0.1) is 5.92 Å². The molecule has 0 aromatic carbocycles. The third-order valence-electron chi connectivity index (χ3n) is 3.38. The second-order valence-electron chi connectivity index (χ2n) is 4.49. The van der Waals surface area contributed by atoms with E-state index >= 15 is 0 Å². The van der Waals surface area contributed by atoms with E-state index in [-0.39, 0.29) is 11.8 Å². The number of anilines is 1. The molecule has 0 saturated heterocycles. The van der Waals surface area contributed by atoms with Gasteiger partial charge in [-0.15, -0.1) is 0 Å². The Morgan fingerprint density at radius 2 is 2.35 bits per heavy atom. The molecule has 1 N–H and O–H groups in total. The van der Waals surface area contributed by atoms with Gasteiger partial charge in [0.15, 0.2) is 0 Å². The molecule has 2 atom stereocenters. The van der Waals surface area contributed by atoms with Crippen LogP contribution >= 0.6 is 0 Å². The Labute approximate surface area is 99.6 Å². The average Bonchev–Trinajstić information content (AvgIpc) is 2.95.